The molecule has 0 aliphatic rings. The van der Waals surface area contributed by atoms with Gasteiger partial charge < -0.3 is 19.2 Å². The first-order valence-corrected chi connectivity index (χ1v) is 12.3. The van der Waals surface area contributed by atoms with Crippen molar-refractivity contribution in [1.29, 1.82) is 0 Å². The summed E-state index contributed by atoms with van der Waals surface area (Å²) in [5.74, 6) is 1.49. The van der Waals surface area contributed by atoms with Crippen molar-refractivity contribution in [1.82, 2.24) is 19.7 Å². The average Bonchev–Trinajstić information content (AvgIpc) is 3.51. The summed E-state index contributed by atoms with van der Waals surface area (Å²) in [6, 6.07) is 19.8. The highest BCUT2D eigenvalue weighted by molar-refractivity contribution is 7.15. The lowest BCUT2D eigenvalue weighted by Crippen LogP contribution is -2.24. The topological polar surface area (TPSA) is 77.8 Å². The number of aryl methyl sites for hydroxylation is 1. The molecule has 0 saturated heterocycles. The van der Waals surface area contributed by atoms with E-state index in [0.29, 0.717) is 6.54 Å². The number of hydrogen-bond donors (Lipinski definition) is 1. The summed E-state index contributed by atoms with van der Waals surface area (Å²) in [6.07, 6.45) is 4.06. The number of hydrogen-bond acceptors (Lipinski definition) is 6. The van der Waals surface area contributed by atoms with Crippen LogP contribution in [0.5, 0.6) is 11.5 Å². The molecule has 0 unspecified atom stereocenters. The molecule has 36 heavy (non-hydrogen) atoms. The van der Waals surface area contributed by atoms with Gasteiger partial charge in [-0.3, -0.25) is 4.79 Å². The zero-order valence-corrected chi connectivity index (χ0v) is 21.1. The van der Waals surface area contributed by atoms with Crippen molar-refractivity contribution >= 4 is 22.9 Å². The molecule has 0 radical (unpaired) electrons. The van der Waals surface area contributed by atoms with E-state index < -0.39 is 0 Å². The maximum Gasteiger partial charge on any atom is 0.226 e. The number of carbonyl (C=O) groups is 1. The summed E-state index contributed by atoms with van der Waals surface area (Å²) < 4.78 is 12.5. The number of pyridine rings is 1. The zero-order valence-electron chi connectivity index (χ0n) is 20.3. The molecule has 182 valence electrons. The SMILES string of the molecule is COc1ccc(-c2nc(CNC(=O)Cc3cn4ccc(C)cc4n3)sc2-c2ccc(OC)cc2)cc1. The van der Waals surface area contributed by atoms with E-state index in [-0.39, 0.29) is 12.3 Å². The second-order valence-corrected chi connectivity index (χ2v) is 9.48. The number of fused-ring (bicyclic) bond motifs is 1. The molecule has 0 aliphatic heterocycles. The molecular formula is C28H26N4O3S. The molecule has 0 fully saturated rings. The molecule has 0 atom stereocenters. The Hall–Kier alpha value is -4.17. The summed E-state index contributed by atoms with van der Waals surface area (Å²) in [5.41, 5.74) is 5.59. The van der Waals surface area contributed by atoms with E-state index in [1.54, 1.807) is 25.6 Å². The molecule has 2 aromatic carbocycles. The fraction of sp³-hybridized carbons (Fsp3) is 0.179. The van der Waals surface area contributed by atoms with E-state index in [0.717, 1.165) is 55.1 Å². The summed E-state index contributed by atoms with van der Waals surface area (Å²) in [7, 11) is 3.30. The maximum atomic E-state index is 12.7. The first kappa shape index (κ1) is 23.6. The molecule has 3 heterocycles. The van der Waals surface area contributed by atoms with E-state index >= 15 is 0 Å². The molecule has 0 saturated carbocycles. The molecule has 8 heteroatoms. The van der Waals surface area contributed by atoms with Crippen molar-refractivity contribution in [3.8, 4) is 33.2 Å². The van der Waals surface area contributed by atoms with Crippen molar-refractivity contribution in [3.05, 3.63) is 89.3 Å². The Bertz CT molecular complexity index is 1440. The number of benzene rings is 2. The Morgan fingerprint density at radius 1 is 0.944 bits per heavy atom. The smallest absolute Gasteiger partial charge is 0.226 e. The van der Waals surface area contributed by atoms with Crippen molar-refractivity contribution in [2.24, 2.45) is 0 Å². The number of thiazole rings is 1. The predicted octanol–water partition coefficient (Wildman–Crippen LogP) is 5.31. The minimum absolute atomic E-state index is 0.0951. The second kappa shape index (κ2) is 10.2. The monoisotopic (exact) mass is 498 g/mol. The van der Waals surface area contributed by atoms with Crippen LogP contribution in [0, 0.1) is 6.92 Å². The van der Waals surface area contributed by atoms with Crippen molar-refractivity contribution in [2.75, 3.05) is 14.2 Å². The van der Waals surface area contributed by atoms with Crippen molar-refractivity contribution < 1.29 is 14.3 Å². The number of carbonyl (C=O) groups excluding carboxylic acids is 1. The highest BCUT2D eigenvalue weighted by Gasteiger charge is 2.16. The molecular weight excluding hydrogens is 472 g/mol. The number of rotatable bonds is 8. The Morgan fingerprint density at radius 2 is 1.61 bits per heavy atom. The third-order valence-corrected chi connectivity index (χ3v) is 6.94. The normalized spacial score (nSPS) is 11.0. The van der Waals surface area contributed by atoms with Crippen molar-refractivity contribution in [3.63, 3.8) is 0 Å². The van der Waals surface area contributed by atoms with Crippen LogP contribution < -0.4 is 14.8 Å². The Balaban J connectivity index is 1.36. The number of aromatic nitrogens is 3. The first-order chi connectivity index (χ1) is 17.5. The minimum Gasteiger partial charge on any atom is -0.497 e. The van der Waals surface area contributed by atoms with Crippen LogP contribution in [0.25, 0.3) is 27.3 Å². The van der Waals surface area contributed by atoms with Gasteiger partial charge in [-0.1, -0.05) is 0 Å². The maximum absolute atomic E-state index is 12.7. The van der Waals surface area contributed by atoms with Gasteiger partial charge in [0, 0.05) is 18.0 Å². The number of nitrogens with zero attached hydrogens (tertiary/aromatic N) is 3. The van der Waals surface area contributed by atoms with Crippen LogP contribution in [0.15, 0.2) is 73.1 Å². The number of imidazole rings is 1. The van der Waals surface area contributed by atoms with Crippen LogP contribution in [0.4, 0.5) is 0 Å². The second-order valence-electron chi connectivity index (χ2n) is 8.40. The lowest BCUT2D eigenvalue weighted by atomic mass is 10.1. The van der Waals surface area contributed by atoms with E-state index in [1.165, 1.54) is 0 Å². The largest absolute Gasteiger partial charge is 0.497 e. The van der Waals surface area contributed by atoms with Gasteiger partial charge in [0.2, 0.25) is 5.91 Å². The molecule has 1 N–H and O–H groups in total. The Labute approximate surface area is 213 Å². The summed E-state index contributed by atoms with van der Waals surface area (Å²) in [6.45, 7) is 2.37. The average molecular weight is 499 g/mol. The molecule has 0 aliphatic carbocycles. The summed E-state index contributed by atoms with van der Waals surface area (Å²) in [5, 5.41) is 3.83. The van der Waals surface area contributed by atoms with Crippen LogP contribution in [0.1, 0.15) is 16.3 Å². The van der Waals surface area contributed by atoms with Crippen LogP contribution in [-0.4, -0.2) is 34.5 Å². The molecule has 0 bridgehead atoms. The first-order valence-electron chi connectivity index (χ1n) is 11.5. The predicted molar refractivity (Wildman–Crippen MR) is 142 cm³/mol. The molecule has 1 amide bonds. The van der Waals surface area contributed by atoms with Crippen LogP contribution in [-0.2, 0) is 17.8 Å². The van der Waals surface area contributed by atoms with Gasteiger partial charge in [0.1, 0.15) is 22.2 Å². The Morgan fingerprint density at radius 3 is 2.28 bits per heavy atom. The number of nitrogens with one attached hydrogen (secondary N) is 1. The van der Waals surface area contributed by atoms with Gasteiger partial charge >= 0.3 is 0 Å². The summed E-state index contributed by atoms with van der Waals surface area (Å²) >= 11 is 1.57. The van der Waals surface area contributed by atoms with Crippen molar-refractivity contribution in [2.45, 2.75) is 19.9 Å². The van der Waals surface area contributed by atoms with Gasteiger partial charge in [0.05, 0.1) is 43.5 Å². The van der Waals surface area contributed by atoms with Crippen LogP contribution in [0.2, 0.25) is 0 Å². The van der Waals surface area contributed by atoms with Gasteiger partial charge in [-0.2, -0.15) is 0 Å². The quantitative estimate of drug-likeness (QED) is 0.314. The lowest BCUT2D eigenvalue weighted by Gasteiger charge is -2.05. The molecule has 3 aromatic heterocycles. The third kappa shape index (κ3) is 5.08. The van der Waals surface area contributed by atoms with E-state index in [2.05, 4.69) is 10.3 Å². The summed E-state index contributed by atoms with van der Waals surface area (Å²) in [4.78, 5) is 23.2. The van der Waals surface area contributed by atoms with E-state index in [9.17, 15) is 4.79 Å². The van der Waals surface area contributed by atoms with Gasteiger partial charge in [-0.25, -0.2) is 9.97 Å². The Kier molecular flexibility index (Phi) is 6.69. The van der Waals surface area contributed by atoms with Crippen LogP contribution >= 0.6 is 11.3 Å². The van der Waals surface area contributed by atoms with Crippen LogP contribution in [0.3, 0.4) is 0 Å². The minimum atomic E-state index is -0.0951. The lowest BCUT2D eigenvalue weighted by molar-refractivity contribution is -0.120. The molecule has 5 aromatic rings. The fourth-order valence-corrected chi connectivity index (χ4v) is 4.98. The highest BCUT2D eigenvalue weighted by atomic mass is 32.1. The molecule has 0 spiro atoms. The number of methoxy groups -OCH3 is 2. The molecule has 7 nitrogen and oxygen atoms in total. The van der Waals surface area contributed by atoms with E-state index in [1.807, 2.05) is 84.4 Å². The number of amides is 1. The van der Waals surface area contributed by atoms with Gasteiger partial charge in [0.15, 0.2) is 0 Å². The van der Waals surface area contributed by atoms with Gasteiger partial charge in [-0.15, -0.1) is 11.3 Å². The van der Waals surface area contributed by atoms with E-state index in [4.69, 9.17) is 14.5 Å². The molecule has 5 rings (SSSR count). The standard InChI is InChI=1S/C28H26N4O3S/c1-18-12-13-32-17-21(30-24(32)14-18)15-25(33)29-16-26-31-27(19-4-8-22(34-2)9-5-19)28(36-26)20-6-10-23(35-3)11-7-20/h4-14,17H,15-16H2,1-3H3,(H,29,33). The van der Waals surface area contributed by atoms with Gasteiger partial charge in [0.25, 0.3) is 0 Å². The van der Waals surface area contributed by atoms with Gasteiger partial charge in [-0.05, 0) is 78.7 Å². The third-order valence-electron chi connectivity index (χ3n) is 5.83. The fourth-order valence-electron chi connectivity index (χ4n) is 3.95. The zero-order chi connectivity index (χ0) is 25.1. The highest BCUT2D eigenvalue weighted by Crippen LogP contribution is 2.38. The number of ether oxygens (including phenoxy) is 2.